The maximum absolute atomic E-state index is 4.60. The molecule has 0 aliphatic carbocycles. The number of imidazole rings is 1. The molecule has 74 valence electrons. The van der Waals surface area contributed by atoms with Gasteiger partial charge in [-0.25, -0.2) is 9.50 Å². The van der Waals surface area contributed by atoms with Crippen molar-refractivity contribution in [2.45, 2.75) is 19.9 Å². The Morgan fingerprint density at radius 1 is 1.43 bits per heavy atom. The molecule has 2 aromatic heterocycles. The van der Waals surface area contributed by atoms with Crippen LogP contribution < -0.4 is 0 Å². The summed E-state index contributed by atoms with van der Waals surface area (Å²) in [5.41, 5.74) is 2.51. The number of rotatable bonds is 0. The van der Waals surface area contributed by atoms with E-state index < -0.39 is 0 Å². The molecule has 0 radical (unpaired) electrons. The van der Waals surface area contributed by atoms with E-state index in [-0.39, 0.29) is 0 Å². The minimum Gasteiger partial charge on any atom is -0.300 e. The van der Waals surface area contributed by atoms with Crippen molar-refractivity contribution in [2.75, 3.05) is 13.6 Å². The monoisotopic (exact) mass is 208 g/mol. The van der Waals surface area contributed by atoms with Crippen LogP contribution in [0.3, 0.4) is 0 Å². The lowest BCUT2D eigenvalue weighted by Gasteiger charge is -2.20. The first-order valence-corrected chi connectivity index (χ1v) is 5.58. The first kappa shape index (κ1) is 8.38. The number of hydrogen-bond acceptors (Lipinski definition) is 4. The molecule has 1 aliphatic heterocycles. The minimum atomic E-state index is 0.972. The van der Waals surface area contributed by atoms with Gasteiger partial charge in [-0.05, 0) is 14.0 Å². The van der Waals surface area contributed by atoms with Crippen molar-refractivity contribution in [1.82, 2.24) is 19.5 Å². The highest BCUT2D eigenvalue weighted by atomic mass is 32.1. The van der Waals surface area contributed by atoms with Gasteiger partial charge < -0.3 is 4.90 Å². The van der Waals surface area contributed by atoms with Crippen molar-refractivity contribution >= 4 is 16.3 Å². The van der Waals surface area contributed by atoms with E-state index in [2.05, 4.69) is 22.0 Å². The molecule has 0 saturated carbocycles. The van der Waals surface area contributed by atoms with E-state index in [1.165, 1.54) is 11.4 Å². The van der Waals surface area contributed by atoms with Crippen LogP contribution in [0.4, 0.5) is 0 Å². The summed E-state index contributed by atoms with van der Waals surface area (Å²) in [4.78, 5) is 7.96. The second-order valence-electron chi connectivity index (χ2n) is 3.81. The Hall–Kier alpha value is -0.940. The van der Waals surface area contributed by atoms with Crippen LogP contribution in [-0.2, 0) is 13.0 Å². The molecule has 2 aromatic rings. The van der Waals surface area contributed by atoms with Crippen molar-refractivity contribution in [3.05, 3.63) is 16.4 Å². The van der Waals surface area contributed by atoms with Gasteiger partial charge in [-0.3, -0.25) is 0 Å². The van der Waals surface area contributed by atoms with Crippen LogP contribution in [-0.4, -0.2) is 33.1 Å². The second kappa shape index (κ2) is 2.77. The van der Waals surface area contributed by atoms with Crippen LogP contribution in [0.1, 0.15) is 16.4 Å². The molecule has 0 spiro atoms. The Morgan fingerprint density at radius 2 is 2.29 bits per heavy atom. The predicted octanol–water partition coefficient (Wildman–Crippen LogP) is 1.09. The normalized spacial score (nSPS) is 17.6. The Bertz CT molecular complexity index is 484. The zero-order valence-corrected chi connectivity index (χ0v) is 9.13. The lowest BCUT2D eigenvalue weighted by molar-refractivity contribution is 0.304. The molecule has 14 heavy (non-hydrogen) atoms. The van der Waals surface area contributed by atoms with Crippen molar-refractivity contribution in [3.8, 4) is 0 Å². The molecule has 0 unspecified atom stereocenters. The number of aryl methyl sites for hydroxylation is 1. The van der Waals surface area contributed by atoms with Crippen LogP contribution in [0.2, 0.25) is 0 Å². The molecule has 5 heteroatoms. The van der Waals surface area contributed by atoms with E-state index in [0.29, 0.717) is 0 Å². The minimum absolute atomic E-state index is 0.972. The molecule has 0 aromatic carbocycles. The van der Waals surface area contributed by atoms with Crippen LogP contribution in [0.15, 0.2) is 0 Å². The van der Waals surface area contributed by atoms with Crippen molar-refractivity contribution in [2.24, 2.45) is 0 Å². The lowest BCUT2D eigenvalue weighted by Crippen LogP contribution is -2.27. The second-order valence-corrected chi connectivity index (χ2v) is 4.97. The quantitative estimate of drug-likeness (QED) is 0.649. The summed E-state index contributed by atoms with van der Waals surface area (Å²) < 4.78 is 2.00. The first-order chi connectivity index (χ1) is 6.74. The summed E-state index contributed by atoms with van der Waals surface area (Å²) in [5, 5.41) is 5.55. The largest absolute Gasteiger partial charge is 0.300 e. The fourth-order valence-electron chi connectivity index (χ4n) is 1.92. The van der Waals surface area contributed by atoms with E-state index in [4.69, 9.17) is 0 Å². The highest BCUT2D eigenvalue weighted by molar-refractivity contribution is 7.16. The molecule has 3 rings (SSSR count). The fourth-order valence-corrected chi connectivity index (χ4v) is 2.70. The van der Waals surface area contributed by atoms with Crippen LogP contribution in [0.5, 0.6) is 0 Å². The zero-order valence-electron chi connectivity index (χ0n) is 8.32. The Balaban J connectivity index is 2.23. The van der Waals surface area contributed by atoms with Gasteiger partial charge in [0.05, 0.1) is 11.4 Å². The topological polar surface area (TPSA) is 33.4 Å². The van der Waals surface area contributed by atoms with Gasteiger partial charge in [0.1, 0.15) is 5.01 Å². The average Bonchev–Trinajstić information content (AvgIpc) is 2.62. The van der Waals surface area contributed by atoms with Gasteiger partial charge in [0, 0.05) is 19.5 Å². The SMILES string of the molecule is Cc1nn2c3c(nc2s1)CCN(C)C3. The Kier molecular flexibility index (Phi) is 1.66. The van der Waals surface area contributed by atoms with E-state index in [1.807, 2.05) is 11.4 Å². The van der Waals surface area contributed by atoms with Gasteiger partial charge in [-0.2, -0.15) is 5.10 Å². The van der Waals surface area contributed by atoms with Crippen LogP contribution in [0, 0.1) is 6.92 Å². The summed E-state index contributed by atoms with van der Waals surface area (Å²) in [6.45, 7) is 4.11. The Morgan fingerprint density at radius 3 is 3.14 bits per heavy atom. The van der Waals surface area contributed by atoms with E-state index in [1.54, 1.807) is 11.3 Å². The molecule has 0 atom stereocenters. The zero-order chi connectivity index (χ0) is 9.71. The van der Waals surface area contributed by atoms with Gasteiger partial charge in [-0.15, -0.1) is 0 Å². The molecular weight excluding hydrogens is 196 g/mol. The van der Waals surface area contributed by atoms with Gasteiger partial charge in [0.15, 0.2) is 0 Å². The third-order valence-corrected chi connectivity index (χ3v) is 3.45. The summed E-state index contributed by atoms with van der Waals surface area (Å²) in [7, 11) is 2.14. The predicted molar refractivity (Wildman–Crippen MR) is 55.6 cm³/mol. The van der Waals surface area contributed by atoms with Crippen molar-refractivity contribution in [1.29, 1.82) is 0 Å². The molecular formula is C9H12N4S. The molecule has 1 aliphatic rings. The summed E-state index contributed by atoms with van der Waals surface area (Å²) in [6.07, 6.45) is 1.06. The molecule has 0 saturated heterocycles. The van der Waals surface area contributed by atoms with E-state index >= 15 is 0 Å². The standard InChI is InChI=1S/C9H12N4S/c1-6-11-13-8-5-12(2)4-3-7(8)10-9(13)14-6/h3-5H2,1-2H3. The van der Waals surface area contributed by atoms with Gasteiger partial charge in [0.2, 0.25) is 4.96 Å². The molecule has 0 bridgehead atoms. The average molecular weight is 208 g/mol. The molecule has 0 N–H and O–H groups in total. The molecule has 0 amide bonds. The third-order valence-electron chi connectivity index (χ3n) is 2.63. The number of aromatic nitrogens is 3. The molecule has 3 heterocycles. The lowest BCUT2D eigenvalue weighted by atomic mass is 10.2. The van der Waals surface area contributed by atoms with Gasteiger partial charge in [-0.1, -0.05) is 11.3 Å². The first-order valence-electron chi connectivity index (χ1n) is 4.76. The smallest absolute Gasteiger partial charge is 0.212 e. The third kappa shape index (κ3) is 1.09. The number of likely N-dealkylation sites (N-methyl/N-ethyl adjacent to an activating group) is 1. The van der Waals surface area contributed by atoms with E-state index in [9.17, 15) is 0 Å². The highest BCUT2D eigenvalue weighted by Crippen LogP contribution is 2.22. The van der Waals surface area contributed by atoms with E-state index in [0.717, 1.165) is 29.5 Å². The van der Waals surface area contributed by atoms with Crippen molar-refractivity contribution in [3.63, 3.8) is 0 Å². The Labute approximate surface area is 86.2 Å². The number of fused-ring (bicyclic) bond motifs is 3. The summed E-state index contributed by atoms with van der Waals surface area (Å²) in [6, 6.07) is 0. The fraction of sp³-hybridized carbons (Fsp3) is 0.556. The number of nitrogens with zero attached hydrogens (tertiary/aromatic N) is 4. The molecule has 4 nitrogen and oxygen atoms in total. The molecule has 0 fully saturated rings. The summed E-state index contributed by atoms with van der Waals surface area (Å²) in [5.74, 6) is 0. The van der Waals surface area contributed by atoms with Gasteiger partial charge in [0.25, 0.3) is 0 Å². The van der Waals surface area contributed by atoms with Crippen LogP contribution >= 0.6 is 11.3 Å². The van der Waals surface area contributed by atoms with Gasteiger partial charge >= 0.3 is 0 Å². The maximum Gasteiger partial charge on any atom is 0.212 e. The number of hydrogen-bond donors (Lipinski definition) is 0. The summed E-state index contributed by atoms with van der Waals surface area (Å²) >= 11 is 1.67. The maximum atomic E-state index is 4.60. The highest BCUT2D eigenvalue weighted by Gasteiger charge is 2.20. The van der Waals surface area contributed by atoms with Crippen LogP contribution in [0.25, 0.3) is 4.96 Å². The van der Waals surface area contributed by atoms with Crippen molar-refractivity contribution < 1.29 is 0 Å².